The van der Waals surface area contributed by atoms with E-state index in [2.05, 4.69) is 5.32 Å². The minimum Gasteiger partial charge on any atom is -0.485 e. The van der Waals surface area contributed by atoms with Crippen molar-refractivity contribution >= 4 is 28.9 Å². The van der Waals surface area contributed by atoms with Crippen LogP contribution in [0.25, 0.3) is 0 Å². The lowest BCUT2D eigenvalue weighted by atomic mass is 10.2. The van der Waals surface area contributed by atoms with Crippen LogP contribution in [-0.4, -0.2) is 24.1 Å². The molecule has 1 aromatic rings. The van der Waals surface area contributed by atoms with E-state index in [0.717, 1.165) is 19.4 Å². The highest BCUT2D eigenvalue weighted by atomic mass is 35.5. The number of nitro benzene ring substituents is 1. The molecular weight excluding hydrogens is 279 g/mol. The molecule has 7 heteroatoms. The number of hydrogen-bond donors (Lipinski definition) is 1. The molecule has 0 spiro atoms. The normalized spacial score (nSPS) is 18.9. The largest absolute Gasteiger partial charge is 0.485 e. The van der Waals surface area contributed by atoms with E-state index in [9.17, 15) is 10.1 Å². The molecule has 18 heavy (non-hydrogen) atoms. The first-order chi connectivity index (χ1) is 8.58. The second-order valence-electron chi connectivity index (χ2n) is 4.10. The first-order valence-electron chi connectivity index (χ1n) is 5.57. The molecule has 0 amide bonds. The lowest BCUT2D eigenvalue weighted by Gasteiger charge is -2.12. The fourth-order valence-corrected chi connectivity index (χ4v) is 2.18. The van der Waals surface area contributed by atoms with Crippen LogP contribution in [0.1, 0.15) is 12.8 Å². The summed E-state index contributed by atoms with van der Waals surface area (Å²) in [6.45, 7) is 1.34. The van der Waals surface area contributed by atoms with Crippen LogP contribution < -0.4 is 10.1 Å². The van der Waals surface area contributed by atoms with E-state index in [1.807, 2.05) is 0 Å². The Balaban J connectivity index is 2.14. The lowest BCUT2D eigenvalue weighted by molar-refractivity contribution is -0.385. The molecule has 1 aliphatic rings. The monoisotopic (exact) mass is 290 g/mol. The predicted molar refractivity (Wildman–Crippen MR) is 69.6 cm³/mol. The maximum Gasteiger partial charge on any atom is 0.312 e. The summed E-state index contributed by atoms with van der Waals surface area (Å²) in [6, 6.07) is 2.83. The first kappa shape index (κ1) is 13.4. The fraction of sp³-hybridized carbons (Fsp3) is 0.455. The summed E-state index contributed by atoms with van der Waals surface area (Å²) >= 11 is 11.6. The molecule has 1 aromatic carbocycles. The van der Waals surface area contributed by atoms with Crippen molar-refractivity contribution in [3.8, 4) is 5.75 Å². The van der Waals surface area contributed by atoms with Crippen LogP contribution in [0.15, 0.2) is 12.1 Å². The number of nitrogens with one attached hydrogen (secondary N) is 1. The molecule has 0 saturated carbocycles. The number of rotatable bonds is 4. The van der Waals surface area contributed by atoms with Crippen molar-refractivity contribution in [3.05, 3.63) is 32.3 Å². The minimum atomic E-state index is -0.528. The van der Waals surface area contributed by atoms with Gasteiger partial charge in [-0.05, 0) is 19.4 Å². The van der Waals surface area contributed by atoms with E-state index >= 15 is 0 Å². The molecule has 1 aliphatic heterocycles. The Labute approximate surface area is 114 Å². The van der Waals surface area contributed by atoms with Crippen molar-refractivity contribution in [2.24, 2.45) is 0 Å². The van der Waals surface area contributed by atoms with Crippen molar-refractivity contribution in [1.29, 1.82) is 0 Å². The highest BCUT2D eigenvalue weighted by Gasteiger charge is 2.21. The Morgan fingerprint density at radius 1 is 1.44 bits per heavy atom. The zero-order chi connectivity index (χ0) is 13.1. The van der Waals surface area contributed by atoms with Gasteiger partial charge in [-0.15, -0.1) is 0 Å². The molecule has 98 valence electrons. The average Bonchev–Trinajstić information content (AvgIpc) is 2.83. The molecule has 1 heterocycles. The van der Waals surface area contributed by atoms with Crippen LogP contribution in [0, 0.1) is 10.1 Å². The van der Waals surface area contributed by atoms with Gasteiger partial charge in [0.1, 0.15) is 6.61 Å². The zero-order valence-electron chi connectivity index (χ0n) is 9.49. The summed E-state index contributed by atoms with van der Waals surface area (Å²) in [5.74, 6) is 0.156. The van der Waals surface area contributed by atoms with Gasteiger partial charge < -0.3 is 10.1 Å². The van der Waals surface area contributed by atoms with E-state index in [0.29, 0.717) is 6.61 Å². The Kier molecular flexibility index (Phi) is 4.27. The van der Waals surface area contributed by atoms with Crippen LogP contribution in [0.3, 0.4) is 0 Å². The third-order valence-corrected chi connectivity index (χ3v) is 3.52. The van der Waals surface area contributed by atoms with Gasteiger partial charge in [0.05, 0.1) is 15.0 Å². The Morgan fingerprint density at radius 3 is 2.78 bits per heavy atom. The van der Waals surface area contributed by atoms with Gasteiger partial charge in [0, 0.05) is 18.2 Å². The molecule has 1 fully saturated rings. The van der Waals surface area contributed by atoms with Crippen molar-refractivity contribution in [2.45, 2.75) is 18.9 Å². The summed E-state index contributed by atoms with van der Waals surface area (Å²) in [6.07, 6.45) is 2.10. The van der Waals surface area contributed by atoms with Gasteiger partial charge in [-0.3, -0.25) is 10.1 Å². The number of nitrogens with zero attached hydrogens (tertiary/aromatic N) is 1. The van der Waals surface area contributed by atoms with E-state index < -0.39 is 4.92 Å². The van der Waals surface area contributed by atoms with Gasteiger partial charge in [-0.1, -0.05) is 23.2 Å². The lowest BCUT2D eigenvalue weighted by Crippen LogP contribution is -2.28. The molecule has 0 unspecified atom stereocenters. The average molecular weight is 291 g/mol. The Hall–Kier alpha value is -1.04. The summed E-state index contributed by atoms with van der Waals surface area (Å²) in [4.78, 5) is 10.4. The number of halogens is 2. The van der Waals surface area contributed by atoms with Gasteiger partial charge in [-0.2, -0.15) is 0 Å². The Bertz CT molecular complexity index is 462. The van der Waals surface area contributed by atoms with Crippen LogP contribution >= 0.6 is 23.2 Å². The fourth-order valence-electron chi connectivity index (χ4n) is 1.87. The first-order valence-corrected chi connectivity index (χ1v) is 6.33. The van der Waals surface area contributed by atoms with Crippen molar-refractivity contribution in [1.82, 2.24) is 5.32 Å². The number of benzene rings is 1. The highest BCUT2D eigenvalue weighted by molar-refractivity contribution is 6.42. The molecule has 0 radical (unpaired) electrons. The van der Waals surface area contributed by atoms with E-state index in [4.69, 9.17) is 27.9 Å². The summed E-state index contributed by atoms with van der Waals surface area (Å²) in [7, 11) is 0. The van der Waals surface area contributed by atoms with E-state index in [1.54, 1.807) is 0 Å². The van der Waals surface area contributed by atoms with Crippen molar-refractivity contribution < 1.29 is 9.66 Å². The maximum absolute atomic E-state index is 10.9. The van der Waals surface area contributed by atoms with Crippen LogP contribution in [0.2, 0.25) is 10.0 Å². The molecule has 0 aliphatic carbocycles. The van der Waals surface area contributed by atoms with Crippen molar-refractivity contribution in [3.63, 3.8) is 0 Å². The highest BCUT2D eigenvalue weighted by Crippen LogP contribution is 2.35. The molecule has 1 N–H and O–H groups in total. The van der Waals surface area contributed by atoms with Crippen molar-refractivity contribution in [2.75, 3.05) is 13.2 Å². The number of hydrogen-bond acceptors (Lipinski definition) is 4. The van der Waals surface area contributed by atoms with Gasteiger partial charge >= 0.3 is 5.69 Å². The van der Waals surface area contributed by atoms with Crippen LogP contribution in [-0.2, 0) is 0 Å². The van der Waals surface area contributed by atoms with Crippen LogP contribution in [0.4, 0.5) is 5.69 Å². The zero-order valence-corrected chi connectivity index (χ0v) is 11.0. The van der Waals surface area contributed by atoms with Crippen LogP contribution in [0.5, 0.6) is 5.75 Å². The quantitative estimate of drug-likeness (QED) is 0.684. The molecule has 5 nitrogen and oxygen atoms in total. The summed E-state index contributed by atoms with van der Waals surface area (Å²) in [5, 5.41) is 14.5. The summed E-state index contributed by atoms with van der Waals surface area (Å²) in [5.41, 5.74) is -0.164. The molecule has 2 rings (SSSR count). The molecule has 0 bridgehead atoms. The van der Waals surface area contributed by atoms with E-state index in [-0.39, 0.29) is 27.5 Å². The van der Waals surface area contributed by atoms with E-state index in [1.165, 1.54) is 12.1 Å². The molecule has 0 aromatic heterocycles. The molecule has 1 atom stereocenters. The Morgan fingerprint density at radius 2 is 2.17 bits per heavy atom. The number of ether oxygens (including phenoxy) is 1. The summed E-state index contributed by atoms with van der Waals surface area (Å²) < 4.78 is 5.47. The minimum absolute atomic E-state index is 0.148. The van der Waals surface area contributed by atoms with Gasteiger partial charge in [0.15, 0.2) is 5.75 Å². The predicted octanol–water partition coefficient (Wildman–Crippen LogP) is 3.03. The molecule has 1 saturated heterocycles. The third kappa shape index (κ3) is 3.04. The second-order valence-corrected chi connectivity index (χ2v) is 4.91. The van der Waals surface area contributed by atoms with Gasteiger partial charge in [0.2, 0.25) is 0 Å². The third-order valence-electron chi connectivity index (χ3n) is 2.80. The van der Waals surface area contributed by atoms with Gasteiger partial charge in [-0.25, -0.2) is 0 Å². The van der Waals surface area contributed by atoms with Gasteiger partial charge in [0.25, 0.3) is 0 Å². The molecular formula is C11H12Cl2N2O3. The standard InChI is InChI=1S/C11H12Cl2N2O3/c12-8-4-10(15(16)17)11(5-9(8)13)18-6-7-2-1-3-14-7/h4-5,7,14H,1-3,6H2/t7-/m1/s1. The topological polar surface area (TPSA) is 64.4 Å². The second kappa shape index (κ2) is 5.73. The SMILES string of the molecule is O=[N+]([O-])c1cc(Cl)c(Cl)cc1OC[C@H]1CCCN1. The maximum atomic E-state index is 10.9. The smallest absolute Gasteiger partial charge is 0.312 e. The number of nitro groups is 1.